The second-order valence-corrected chi connectivity index (χ2v) is 5.63. The molecule has 0 radical (unpaired) electrons. The van der Waals surface area contributed by atoms with Crippen molar-refractivity contribution in [3.63, 3.8) is 0 Å². The van der Waals surface area contributed by atoms with Crippen molar-refractivity contribution < 1.29 is 28.2 Å². The van der Waals surface area contributed by atoms with E-state index in [1.165, 1.54) is 31.2 Å². The van der Waals surface area contributed by atoms with Crippen molar-refractivity contribution in [1.29, 1.82) is 0 Å². The van der Waals surface area contributed by atoms with E-state index in [9.17, 15) is 14.0 Å². The van der Waals surface area contributed by atoms with Gasteiger partial charge in [-0.05, 0) is 62.4 Å². The molecule has 2 N–H and O–H groups in total. The molecule has 0 saturated heterocycles. The third kappa shape index (κ3) is 6.18. The van der Waals surface area contributed by atoms with Crippen molar-refractivity contribution in [3.8, 4) is 17.2 Å². The first-order valence-corrected chi connectivity index (χ1v) is 8.21. The van der Waals surface area contributed by atoms with Crippen molar-refractivity contribution in [3.05, 3.63) is 54.3 Å². The van der Waals surface area contributed by atoms with Gasteiger partial charge in [0.15, 0.2) is 12.2 Å². The minimum Gasteiger partial charge on any atom is -0.497 e. The van der Waals surface area contributed by atoms with Gasteiger partial charge >= 0.3 is 0 Å². The maximum Gasteiger partial charge on any atom is 0.279 e. The molecule has 0 fully saturated rings. The highest BCUT2D eigenvalue weighted by molar-refractivity contribution is 5.86. The smallest absolute Gasteiger partial charge is 0.279 e. The van der Waals surface area contributed by atoms with Gasteiger partial charge < -0.3 is 14.2 Å². The molecule has 2 amide bonds. The van der Waals surface area contributed by atoms with E-state index in [-0.39, 0.29) is 0 Å². The zero-order chi connectivity index (χ0) is 19.8. The number of ether oxygens (including phenoxy) is 3. The summed E-state index contributed by atoms with van der Waals surface area (Å²) in [6.45, 7) is 3.05. The van der Waals surface area contributed by atoms with Crippen LogP contribution in [0.15, 0.2) is 48.5 Å². The van der Waals surface area contributed by atoms with E-state index in [0.29, 0.717) is 17.2 Å². The molecule has 2 rings (SSSR count). The summed E-state index contributed by atoms with van der Waals surface area (Å²) in [5, 5.41) is 0. The zero-order valence-electron chi connectivity index (χ0n) is 15.2. The molecule has 0 saturated carbocycles. The Morgan fingerprint density at radius 2 is 1.15 bits per heavy atom. The van der Waals surface area contributed by atoms with E-state index in [1.807, 2.05) is 0 Å². The van der Waals surface area contributed by atoms with Crippen LogP contribution in [0.3, 0.4) is 0 Å². The highest BCUT2D eigenvalue weighted by Gasteiger charge is 2.19. The van der Waals surface area contributed by atoms with Gasteiger partial charge in [0.1, 0.15) is 23.1 Å². The normalized spacial score (nSPS) is 12.4. The number of methoxy groups -OCH3 is 1. The summed E-state index contributed by atoms with van der Waals surface area (Å²) in [6.07, 6.45) is -1.74. The van der Waals surface area contributed by atoms with Crippen molar-refractivity contribution in [2.75, 3.05) is 7.11 Å². The molecule has 0 aliphatic carbocycles. The SMILES string of the molecule is COc1ccc(O[C@H](C)C(=O)NNC(=O)[C@H](C)Oc2ccc(F)cc2)cc1. The second-order valence-electron chi connectivity index (χ2n) is 5.63. The molecular formula is C19H21FN2O5. The number of hydrazine groups is 1. The first-order valence-electron chi connectivity index (χ1n) is 8.21. The maximum absolute atomic E-state index is 12.9. The van der Waals surface area contributed by atoms with Crippen molar-refractivity contribution in [2.24, 2.45) is 0 Å². The van der Waals surface area contributed by atoms with Gasteiger partial charge in [0.2, 0.25) is 0 Å². The van der Waals surface area contributed by atoms with Crippen LogP contribution in [0.4, 0.5) is 4.39 Å². The van der Waals surface area contributed by atoms with Crippen molar-refractivity contribution in [2.45, 2.75) is 26.1 Å². The Bertz CT molecular complexity index is 765. The van der Waals surface area contributed by atoms with Gasteiger partial charge in [-0.25, -0.2) is 4.39 Å². The molecule has 2 aromatic rings. The quantitative estimate of drug-likeness (QED) is 0.724. The van der Waals surface area contributed by atoms with Crippen LogP contribution in [0.2, 0.25) is 0 Å². The lowest BCUT2D eigenvalue weighted by molar-refractivity contribution is -0.135. The third-order valence-corrected chi connectivity index (χ3v) is 3.55. The van der Waals surface area contributed by atoms with Gasteiger partial charge in [-0.15, -0.1) is 0 Å². The summed E-state index contributed by atoms with van der Waals surface area (Å²) in [6, 6.07) is 12.0. The summed E-state index contributed by atoms with van der Waals surface area (Å²) in [4.78, 5) is 24.0. The van der Waals surface area contributed by atoms with Crippen LogP contribution >= 0.6 is 0 Å². The topological polar surface area (TPSA) is 85.9 Å². The number of hydrogen-bond donors (Lipinski definition) is 2. The van der Waals surface area contributed by atoms with Crippen LogP contribution in [0.25, 0.3) is 0 Å². The molecule has 27 heavy (non-hydrogen) atoms. The van der Waals surface area contributed by atoms with Crippen LogP contribution in [0, 0.1) is 5.82 Å². The average molecular weight is 376 g/mol. The van der Waals surface area contributed by atoms with Gasteiger partial charge in [0, 0.05) is 0 Å². The summed E-state index contributed by atoms with van der Waals surface area (Å²) in [7, 11) is 1.55. The third-order valence-electron chi connectivity index (χ3n) is 3.55. The van der Waals surface area contributed by atoms with Crippen LogP contribution in [0.1, 0.15) is 13.8 Å². The molecule has 0 aliphatic heterocycles. The molecule has 0 bridgehead atoms. The van der Waals surface area contributed by atoms with Crippen LogP contribution in [-0.2, 0) is 9.59 Å². The Morgan fingerprint density at radius 3 is 1.56 bits per heavy atom. The van der Waals surface area contributed by atoms with Gasteiger partial charge in [-0.3, -0.25) is 20.4 Å². The van der Waals surface area contributed by atoms with Crippen LogP contribution in [0.5, 0.6) is 17.2 Å². The monoisotopic (exact) mass is 376 g/mol. The van der Waals surface area contributed by atoms with E-state index in [2.05, 4.69) is 10.9 Å². The molecule has 7 nitrogen and oxygen atoms in total. The lowest BCUT2D eigenvalue weighted by Gasteiger charge is -2.17. The summed E-state index contributed by atoms with van der Waals surface area (Å²) in [5.74, 6) is -0.0173. The molecule has 0 spiro atoms. The number of carbonyl (C=O) groups is 2. The largest absolute Gasteiger partial charge is 0.497 e. The Hall–Kier alpha value is -3.29. The minimum atomic E-state index is -0.895. The number of rotatable bonds is 7. The van der Waals surface area contributed by atoms with Crippen LogP contribution in [-0.4, -0.2) is 31.1 Å². The number of benzene rings is 2. The minimum absolute atomic E-state index is 0.335. The first kappa shape index (κ1) is 20.0. The number of carbonyl (C=O) groups excluding carboxylic acids is 2. The first-order chi connectivity index (χ1) is 12.9. The number of amides is 2. The summed E-state index contributed by atoms with van der Waals surface area (Å²) < 4.78 is 28.8. The summed E-state index contributed by atoms with van der Waals surface area (Å²) in [5.41, 5.74) is 4.53. The van der Waals surface area contributed by atoms with Crippen molar-refractivity contribution >= 4 is 11.8 Å². The second kappa shape index (κ2) is 9.42. The standard InChI is InChI=1S/C19H21FN2O5/c1-12(26-16-6-4-14(20)5-7-16)18(23)21-22-19(24)13(2)27-17-10-8-15(25-3)9-11-17/h4-13H,1-3H3,(H,21,23)(H,22,24)/t12-,13+/m0/s1. The van der Waals surface area contributed by atoms with E-state index < -0.39 is 29.8 Å². The fraction of sp³-hybridized carbons (Fsp3) is 0.263. The van der Waals surface area contributed by atoms with E-state index in [1.54, 1.807) is 38.3 Å². The Balaban J connectivity index is 1.78. The van der Waals surface area contributed by atoms with E-state index in [4.69, 9.17) is 14.2 Å². The lowest BCUT2D eigenvalue weighted by atomic mass is 10.3. The molecule has 2 atom stereocenters. The Morgan fingerprint density at radius 1 is 0.778 bits per heavy atom. The Kier molecular flexibility index (Phi) is 6.99. The maximum atomic E-state index is 12.9. The number of nitrogens with one attached hydrogen (secondary N) is 2. The molecule has 8 heteroatoms. The van der Waals surface area contributed by atoms with E-state index in [0.717, 1.165) is 0 Å². The fourth-order valence-corrected chi connectivity index (χ4v) is 2.01. The van der Waals surface area contributed by atoms with Gasteiger partial charge in [-0.2, -0.15) is 0 Å². The highest BCUT2D eigenvalue weighted by Crippen LogP contribution is 2.18. The predicted molar refractivity (Wildman–Crippen MR) is 95.9 cm³/mol. The van der Waals surface area contributed by atoms with E-state index >= 15 is 0 Å². The number of hydrogen-bond acceptors (Lipinski definition) is 5. The lowest BCUT2D eigenvalue weighted by Crippen LogP contribution is -2.50. The van der Waals surface area contributed by atoms with Gasteiger partial charge in [0.25, 0.3) is 11.8 Å². The molecule has 0 aromatic heterocycles. The van der Waals surface area contributed by atoms with Crippen molar-refractivity contribution in [1.82, 2.24) is 10.9 Å². The average Bonchev–Trinajstić information content (AvgIpc) is 2.68. The number of halogens is 1. The molecule has 2 aromatic carbocycles. The van der Waals surface area contributed by atoms with Crippen LogP contribution < -0.4 is 25.1 Å². The highest BCUT2D eigenvalue weighted by atomic mass is 19.1. The molecule has 144 valence electrons. The van der Waals surface area contributed by atoms with Gasteiger partial charge in [0.05, 0.1) is 7.11 Å². The Labute approximate surface area is 156 Å². The summed E-state index contributed by atoms with van der Waals surface area (Å²) >= 11 is 0. The molecule has 0 aliphatic rings. The zero-order valence-corrected chi connectivity index (χ0v) is 15.2. The molecule has 0 heterocycles. The van der Waals surface area contributed by atoms with Gasteiger partial charge in [-0.1, -0.05) is 0 Å². The predicted octanol–water partition coefficient (Wildman–Crippen LogP) is 2.22. The molecule has 0 unspecified atom stereocenters. The fourth-order valence-electron chi connectivity index (χ4n) is 2.01. The molecular weight excluding hydrogens is 355 g/mol.